The maximum absolute atomic E-state index is 12.0. The van der Waals surface area contributed by atoms with Gasteiger partial charge in [0.1, 0.15) is 13.1 Å². The summed E-state index contributed by atoms with van der Waals surface area (Å²) in [5, 5.41) is 3.81. The number of benzene rings is 1. The largest absolute Gasteiger partial charge is 0.370 e. The van der Waals surface area contributed by atoms with Crippen molar-refractivity contribution >= 4 is 29.1 Å². The standard InChI is InChI=1S/C14H18Cl2N2O2/c15-11-2-3-13(16)12(10-11)14(19)17-4-1-5-18-6-8-20-9-7-18/h2-3,10H,1,4-9H2,(H,17,19)/p+1. The summed E-state index contributed by atoms with van der Waals surface area (Å²) in [4.78, 5) is 13.5. The molecule has 1 amide bonds. The average Bonchev–Trinajstić information content (AvgIpc) is 2.47. The fourth-order valence-corrected chi connectivity index (χ4v) is 2.59. The zero-order chi connectivity index (χ0) is 14.4. The SMILES string of the molecule is O=C(NCCC[NH+]1CCOCC1)c1cc(Cl)ccc1Cl. The van der Waals surface area contributed by atoms with Crippen molar-refractivity contribution in [2.45, 2.75) is 6.42 Å². The Morgan fingerprint density at radius 3 is 2.80 bits per heavy atom. The van der Waals surface area contributed by atoms with Crippen LogP contribution in [0, 0.1) is 0 Å². The Bertz CT molecular complexity index is 462. The van der Waals surface area contributed by atoms with Crippen LogP contribution in [-0.2, 0) is 4.74 Å². The molecule has 0 radical (unpaired) electrons. The third kappa shape index (κ3) is 4.63. The second-order valence-corrected chi connectivity index (χ2v) is 5.69. The Balaban J connectivity index is 1.73. The molecule has 2 N–H and O–H groups in total. The van der Waals surface area contributed by atoms with Crippen molar-refractivity contribution in [3.8, 4) is 0 Å². The Hall–Kier alpha value is -0.810. The molecule has 0 aromatic heterocycles. The minimum absolute atomic E-state index is 0.172. The number of quaternary nitrogens is 1. The molecule has 0 bridgehead atoms. The van der Waals surface area contributed by atoms with Crippen LogP contribution < -0.4 is 10.2 Å². The van der Waals surface area contributed by atoms with E-state index < -0.39 is 0 Å². The smallest absolute Gasteiger partial charge is 0.252 e. The summed E-state index contributed by atoms with van der Waals surface area (Å²) in [5.74, 6) is -0.172. The van der Waals surface area contributed by atoms with E-state index in [0.29, 0.717) is 22.2 Å². The molecule has 2 rings (SSSR count). The number of rotatable bonds is 5. The molecule has 0 spiro atoms. The number of halogens is 2. The van der Waals surface area contributed by atoms with Gasteiger partial charge in [-0.2, -0.15) is 0 Å². The molecule has 1 saturated heterocycles. The topological polar surface area (TPSA) is 42.8 Å². The molecule has 1 aliphatic heterocycles. The third-order valence-electron chi connectivity index (χ3n) is 3.37. The van der Waals surface area contributed by atoms with E-state index in [2.05, 4.69) is 5.32 Å². The van der Waals surface area contributed by atoms with Crippen molar-refractivity contribution < 1.29 is 14.4 Å². The van der Waals surface area contributed by atoms with Crippen molar-refractivity contribution in [1.82, 2.24) is 5.32 Å². The molecule has 110 valence electrons. The first-order valence-electron chi connectivity index (χ1n) is 6.81. The monoisotopic (exact) mass is 317 g/mol. The molecule has 0 saturated carbocycles. The second kappa shape index (κ2) is 7.84. The minimum Gasteiger partial charge on any atom is -0.370 e. The van der Waals surface area contributed by atoms with E-state index in [1.54, 1.807) is 18.2 Å². The Kier molecular flexibility index (Phi) is 6.10. The van der Waals surface area contributed by atoms with Crippen LogP contribution in [0.3, 0.4) is 0 Å². The Labute approximate surface area is 129 Å². The van der Waals surface area contributed by atoms with Crippen molar-refractivity contribution in [2.24, 2.45) is 0 Å². The van der Waals surface area contributed by atoms with Crippen molar-refractivity contribution in [1.29, 1.82) is 0 Å². The van der Waals surface area contributed by atoms with Crippen molar-refractivity contribution in [3.63, 3.8) is 0 Å². The molecule has 0 atom stereocenters. The van der Waals surface area contributed by atoms with E-state index in [1.165, 1.54) is 4.90 Å². The van der Waals surface area contributed by atoms with Crippen molar-refractivity contribution in [2.75, 3.05) is 39.4 Å². The van der Waals surface area contributed by atoms with Gasteiger partial charge in [-0.3, -0.25) is 4.79 Å². The molecular formula is C14H19Cl2N2O2+. The highest BCUT2D eigenvalue weighted by atomic mass is 35.5. The molecule has 20 heavy (non-hydrogen) atoms. The lowest BCUT2D eigenvalue weighted by Gasteiger charge is -2.23. The summed E-state index contributed by atoms with van der Waals surface area (Å²) in [6.07, 6.45) is 0.944. The van der Waals surface area contributed by atoms with Gasteiger partial charge in [-0.25, -0.2) is 0 Å². The lowest BCUT2D eigenvalue weighted by molar-refractivity contribution is -0.908. The van der Waals surface area contributed by atoms with E-state index in [0.717, 1.165) is 39.3 Å². The third-order valence-corrected chi connectivity index (χ3v) is 3.93. The maximum atomic E-state index is 12.0. The highest BCUT2D eigenvalue weighted by molar-refractivity contribution is 6.35. The number of carbonyl (C=O) groups excluding carboxylic acids is 1. The summed E-state index contributed by atoms with van der Waals surface area (Å²) >= 11 is 11.9. The lowest BCUT2D eigenvalue weighted by Crippen LogP contribution is -3.14. The molecular weight excluding hydrogens is 299 g/mol. The molecule has 1 aliphatic rings. The number of hydrogen-bond donors (Lipinski definition) is 2. The molecule has 0 aliphatic carbocycles. The number of morpholine rings is 1. The van der Waals surface area contributed by atoms with Crippen LogP contribution in [0.1, 0.15) is 16.8 Å². The van der Waals surface area contributed by atoms with Crippen LogP contribution in [0.4, 0.5) is 0 Å². The summed E-state index contributed by atoms with van der Waals surface area (Å²) < 4.78 is 5.31. The van der Waals surface area contributed by atoms with Crippen LogP contribution in [-0.4, -0.2) is 45.3 Å². The molecule has 6 heteroatoms. The first kappa shape index (κ1) is 15.6. The number of hydrogen-bond acceptors (Lipinski definition) is 2. The van der Waals surface area contributed by atoms with Crippen LogP contribution in [0.2, 0.25) is 10.0 Å². The summed E-state index contributed by atoms with van der Waals surface area (Å²) in [7, 11) is 0. The highest BCUT2D eigenvalue weighted by Gasteiger charge is 2.14. The van der Waals surface area contributed by atoms with Gasteiger partial charge in [0.2, 0.25) is 0 Å². The lowest BCUT2D eigenvalue weighted by atomic mass is 10.2. The van der Waals surface area contributed by atoms with Gasteiger partial charge in [0.25, 0.3) is 5.91 Å². The van der Waals surface area contributed by atoms with E-state index in [9.17, 15) is 4.79 Å². The second-order valence-electron chi connectivity index (χ2n) is 4.85. The van der Waals surface area contributed by atoms with Crippen LogP contribution in [0.25, 0.3) is 0 Å². The summed E-state index contributed by atoms with van der Waals surface area (Å²) in [6.45, 7) is 5.46. The normalized spacial score (nSPS) is 16.1. The number of carbonyl (C=O) groups is 1. The minimum atomic E-state index is -0.172. The van der Waals surface area contributed by atoms with Crippen LogP contribution in [0.5, 0.6) is 0 Å². The van der Waals surface area contributed by atoms with E-state index in [-0.39, 0.29) is 5.91 Å². The van der Waals surface area contributed by atoms with Gasteiger partial charge in [0.15, 0.2) is 0 Å². The fraction of sp³-hybridized carbons (Fsp3) is 0.500. The molecule has 1 aromatic rings. The number of ether oxygens (including phenoxy) is 1. The zero-order valence-electron chi connectivity index (χ0n) is 11.3. The molecule has 1 heterocycles. The number of nitrogens with one attached hydrogen (secondary N) is 2. The van der Waals surface area contributed by atoms with Gasteiger partial charge in [0.05, 0.1) is 30.3 Å². The Morgan fingerprint density at radius 2 is 2.05 bits per heavy atom. The number of amides is 1. The fourth-order valence-electron chi connectivity index (χ4n) is 2.22. The van der Waals surface area contributed by atoms with E-state index >= 15 is 0 Å². The first-order chi connectivity index (χ1) is 9.66. The van der Waals surface area contributed by atoms with Gasteiger partial charge < -0.3 is 15.0 Å². The van der Waals surface area contributed by atoms with Crippen molar-refractivity contribution in [3.05, 3.63) is 33.8 Å². The van der Waals surface area contributed by atoms with Gasteiger partial charge in [0, 0.05) is 18.0 Å². The Morgan fingerprint density at radius 1 is 1.30 bits per heavy atom. The van der Waals surface area contributed by atoms with Gasteiger partial charge >= 0.3 is 0 Å². The maximum Gasteiger partial charge on any atom is 0.252 e. The molecule has 0 unspecified atom stereocenters. The van der Waals surface area contributed by atoms with E-state index in [1.807, 2.05) is 0 Å². The predicted molar refractivity (Wildman–Crippen MR) is 79.8 cm³/mol. The molecule has 1 fully saturated rings. The van der Waals surface area contributed by atoms with E-state index in [4.69, 9.17) is 27.9 Å². The summed E-state index contributed by atoms with van der Waals surface area (Å²) in [6, 6.07) is 4.89. The van der Waals surface area contributed by atoms with Gasteiger partial charge in [-0.1, -0.05) is 23.2 Å². The molecule has 4 nitrogen and oxygen atoms in total. The van der Waals surface area contributed by atoms with Gasteiger partial charge in [-0.15, -0.1) is 0 Å². The van der Waals surface area contributed by atoms with Gasteiger partial charge in [-0.05, 0) is 18.2 Å². The predicted octanol–water partition coefficient (Wildman–Crippen LogP) is 1.03. The highest BCUT2D eigenvalue weighted by Crippen LogP contribution is 2.20. The average molecular weight is 318 g/mol. The van der Waals surface area contributed by atoms with Crippen LogP contribution in [0.15, 0.2) is 18.2 Å². The first-order valence-corrected chi connectivity index (χ1v) is 7.57. The zero-order valence-corrected chi connectivity index (χ0v) is 12.8. The summed E-state index contributed by atoms with van der Waals surface area (Å²) in [5.41, 5.74) is 0.429. The quantitative estimate of drug-likeness (QED) is 0.797. The van der Waals surface area contributed by atoms with Crippen LogP contribution >= 0.6 is 23.2 Å². The molecule has 1 aromatic carbocycles.